The lowest BCUT2D eigenvalue weighted by Gasteiger charge is -2.33. The van der Waals surface area contributed by atoms with E-state index >= 15 is 0 Å². The molecule has 1 spiro atoms. The molecule has 28 heavy (non-hydrogen) atoms. The summed E-state index contributed by atoms with van der Waals surface area (Å²) >= 11 is 0. The predicted molar refractivity (Wildman–Crippen MR) is 101 cm³/mol. The third-order valence-corrected chi connectivity index (χ3v) is 5.91. The molecule has 0 aromatic rings. The minimum Gasteiger partial charge on any atom is -0.444 e. The van der Waals surface area contributed by atoms with Crippen molar-refractivity contribution in [1.29, 1.82) is 0 Å². The number of nitrogens with zero attached hydrogens (tertiary/aromatic N) is 2. The van der Waals surface area contributed by atoms with Crippen LogP contribution in [0.25, 0.3) is 0 Å². The average Bonchev–Trinajstić information content (AvgIpc) is 3.15. The van der Waals surface area contributed by atoms with Crippen molar-refractivity contribution < 1.29 is 23.9 Å². The fourth-order valence-corrected chi connectivity index (χ4v) is 4.45. The highest BCUT2D eigenvalue weighted by Gasteiger charge is 2.53. The second-order valence-electron chi connectivity index (χ2n) is 9.25. The van der Waals surface area contributed by atoms with Gasteiger partial charge in [0.05, 0.1) is 5.41 Å². The van der Waals surface area contributed by atoms with E-state index < -0.39 is 17.1 Å². The zero-order valence-electron chi connectivity index (χ0n) is 17.1. The molecule has 2 heterocycles. The topological polar surface area (TPSA) is 96.0 Å². The molecule has 0 aromatic carbocycles. The van der Waals surface area contributed by atoms with E-state index in [2.05, 4.69) is 5.32 Å². The Morgan fingerprint density at radius 2 is 1.75 bits per heavy atom. The Labute approximate surface area is 165 Å². The van der Waals surface area contributed by atoms with Gasteiger partial charge in [0.25, 0.3) is 0 Å². The zero-order valence-corrected chi connectivity index (χ0v) is 17.1. The predicted octanol–water partition coefficient (Wildman–Crippen LogP) is 1.82. The molecule has 2 saturated heterocycles. The van der Waals surface area contributed by atoms with Crippen molar-refractivity contribution in [3.63, 3.8) is 0 Å². The van der Waals surface area contributed by atoms with Gasteiger partial charge in [-0.25, -0.2) is 4.79 Å². The van der Waals surface area contributed by atoms with Gasteiger partial charge in [-0.2, -0.15) is 0 Å². The van der Waals surface area contributed by atoms with Crippen LogP contribution in [-0.4, -0.2) is 64.9 Å². The van der Waals surface area contributed by atoms with Crippen molar-refractivity contribution in [2.24, 2.45) is 5.41 Å². The second-order valence-corrected chi connectivity index (χ2v) is 9.25. The number of likely N-dealkylation sites (tertiary alicyclic amines) is 2. The highest BCUT2D eigenvalue weighted by atomic mass is 16.6. The molecule has 3 aliphatic rings. The molecule has 4 amide bonds. The highest BCUT2D eigenvalue weighted by Crippen LogP contribution is 2.46. The van der Waals surface area contributed by atoms with Crippen LogP contribution in [0.15, 0.2) is 0 Å². The van der Waals surface area contributed by atoms with E-state index in [1.165, 1.54) is 4.90 Å². The number of alkyl carbamates (subject to hydrolysis) is 1. The fourth-order valence-electron chi connectivity index (χ4n) is 4.45. The van der Waals surface area contributed by atoms with Crippen LogP contribution in [0.1, 0.15) is 65.7 Å². The summed E-state index contributed by atoms with van der Waals surface area (Å²) in [4.78, 5) is 52.4. The molecule has 2 aliphatic heterocycles. The van der Waals surface area contributed by atoms with E-state index in [0.717, 1.165) is 25.7 Å². The first-order valence-electron chi connectivity index (χ1n) is 10.2. The summed E-state index contributed by atoms with van der Waals surface area (Å²) in [5.74, 6) is -0.584. The standard InChI is InChI=1S/C20H31N3O5/c1-19(2,3)28-18(27)21-14-6-10-22(11-7-14)16(25)13-23-15(24)12-20(17(23)26)8-4-5-9-20/h14H,4-13H2,1-3H3,(H,21,27). The van der Waals surface area contributed by atoms with Crippen LogP contribution < -0.4 is 5.32 Å². The van der Waals surface area contributed by atoms with E-state index in [9.17, 15) is 19.2 Å². The summed E-state index contributed by atoms with van der Waals surface area (Å²) in [5, 5.41) is 2.84. The molecule has 156 valence electrons. The molecule has 0 aromatic heterocycles. The third kappa shape index (κ3) is 4.47. The lowest BCUT2D eigenvalue weighted by Crippen LogP contribution is -2.50. The SMILES string of the molecule is CC(C)(C)OC(=O)NC1CCN(C(=O)CN2C(=O)CC3(CCCC3)C2=O)CC1. The van der Waals surface area contributed by atoms with E-state index in [1.54, 1.807) is 4.90 Å². The van der Waals surface area contributed by atoms with Gasteiger partial charge in [0.1, 0.15) is 12.1 Å². The molecule has 1 aliphatic carbocycles. The summed E-state index contributed by atoms with van der Waals surface area (Å²) in [6, 6.07) is -0.0456. The van der Waals surface area contributed by atoms with Gasteiger partial charge in [-0.15, -0.1) is 0 Å². The Morgan fingerprint density at radius 1 is 1.14 bits per heavy atom. The van der Waals surface area contributed by atoms with Crippen molar-refractivity contribution in [3.8, 4) is 0 Å². The van der Waals surface area contributed by atoms with Crippen molar-refractivity contribution >= 4 is 23.8 Å². The molecule has 8 nitrogen and oxygen atoms in total. The van der Waals surface area contributed by atoms with Gasteiger partial charge >= 0.3 is 6.09 Å². The van der Waals surface area contributed by atoms with Crippen LogP contribution in [0, 0.1) is 5.41 Å². The molecule has 3 fully saturated rings. The maximum Gasteiger partial charge on any atom is 0.407 e. The first-order valence-corrected chi connectivity index (χ1v) is 10.2. The Balaban J connectivity index is 1.47. The maximum absolute atomic E-state index is 12.7. The van der Waals surface area contributed by atoms with E-state index in [1.807, 2.05) is 20.8 Å². The number of imide groups is 1. The summed E-state index contributed by atoms with van der Waals surface area (Å²) < 4.78 is 5.26. The number of hydrogen-bond acceptors (Lipinski definition) is 5. The summed E-state index contributed by atoms with van der Waals surface area (Å²) in [6.45, 7) is 6.24. The van der Waals surface area contributed by atoms with Gasteiger partial charge in [0.15, 0.2) is 0 Å². The Hall–Kier alpha value is -2.12. The lowest BCUT2D eigenvalue weighted by molar-refractivity contribution is -0.147. The molecular formula is C20H31N3O5. The monoisotopic (exact) mass is 393 g/mol. The van der Waals surface area contributed by atoms with Crippen molar-refractivity contribution in [2.75, 3.05) is 19.6 Å². The Morgan fingerprint density at radius 3 is 2.32 bits per heavy atom. The number of amides is 4. The van der Waals surface area contributed by atoms with Gasteiger partial charge in [-0.1, -0.05) is 12.8 Å². The molecule has 1 saturated carbocycles. The average molecular weight is 393 g/mol. The number of carbonyl (C=O) groups excluding carboxylic acids is 4. The maximum atomic E-state index is 12.7. The first-order chi connectivity index (χ1) is 13.1. The molecule has 0 unspecified atom stereocenters. The van der Waals surface area contributed by atoms with Crippen LogP contribution in [0.4, 0.5) is 4.79 Å². The first kappa shape index (κ1) is 20.6. The largest absolute Gasteiger partial charge is 0.444 e. The van der Waals surface area contributed by atoms with Crippen LogP contribution in [0.3, 0.4) is 0 Å². The second kappa shape index (κ2) is 7.72. The number of ether oxygens (including phenoxy) is 1. The quantitative estimate of drug-likeness (QED) is 0.738. The number of rotatable bonds is 3. The lowest BCUT2D eigenvalue weighted by atomic mass is 9.84. The summed E-state index contributed by atoms with van der Waals surface area (Å²) in [7, 11) is 0. The van der Waals surface area contributed by atoms with Crippen molar-refractivity contribution in [3.05, 3.63) is 0 Å². The van der Waals surface area contributed by atoms with Crippen LogP contribution in [0.5, 0.6) is 0 Å². The Bertz CT molecular complexity index is 655. The van der Waals surface area contributed by atoms with E-state index in [-0.39, 0.29) is 36.7 Å². The molecule has 0 bridgehead atoms. The zero-order chi connectivity index (χ0) is 20.5. The van der Waals surface area contributed by atoms with Gasteiger partial charge in [-0.05, 0) is 46.5 Å². The van der Waals surface area contributed by atoms with Crippen LogP contribution in [-0.2, 0) is 19.1 Å². The van der Waals surface area contributed by atoms with E-state index in [4.69, 9.17) is 4.74 Å². The molecule has 0 atom stereocenters. The smallest absolute Gasteiger partial charge is 0.407 e. The normalized spacial score (nSPS) is 22.8. The van der Waals surface area contributed by atoms with Gasteiger partial charge in [0, 0.05) is 25.6 Å². The minimum absolute atomic E-state index is 0.0456. The minimum atomic E-state index is -0.549. The third-order valence-electron chi connectivity index (χ3n) is 5.91. The number of piperidine rings is 1. The molecule has 1 N–H and O–H groups in total. The Kier molecular flexibility index (Phi) is 5.68. The molecule has 3 rings (SSSR count). The van der Waals surface area contributed by atoms with Crippen molar-refractivity contribution in [2.45, 2.75) is 77.4 Å². The molecular weight excluding hydrogens is 362 g/mol. The molecule has 0 radical (unpaired) electrons. The fraction of sp³-hybridized carbons (Fsp3) is 0.800. The van der Waals surface area contributed by atoms with Gasteiger partial charge in [0.2, 0.25) is 17.7 Å². The highest BCUT2D eigenvalue weighted by molar-refractivity contribution is 6.08. The molecule has 8 heteroatoms. The van der Waals surface area contributed by atoms with Gasteiger partial charge < -0.3 is 15.0 Å². The summed E-state index contributed by atoms with van der Waals surface area (Å²) in [6.07, 6.45) is 4.49. The number of hydrogen-bond donors (Lipinski definition) is 1. The number of nitrogens with one attached hydrogen (secondary N) is 1. The van der Waals surface area contributed by atoms with Gasteiger partial charge in [-0.3, -0.25) is 19.3 Å². The number of carbonyl (C=O) groups is 4. The van der Waals surface area contributed by atoms with Crippen LogP contribution >= 0.6 is 0 Å². The van der Waals surface area contributed by atoms with Crippen molar-refractivity contribution in [1.82, 2.24) is 15.1 Å². The summed E-state index contributed by atoms with van der Waals surface area (Å²) in [5.41, 5.74) is -1.09. The van der Waals surface area contributed by atoms with Crippen LogP contribution in [0.2, 0.25) is 0 Å². The van der Waals surface area contributed by atoms with E-state index in [0.29, 0.717) is 25.9 Å².